The second-order valence-corrected chi connectivity index (χ2v) is 10.7. The monoisotopic (exact) mass is 501 g/mol. The number of pyridine rings is 2. The third-order valence-corrected chi connectivity index (χ3v) is 8.02. The van der Waals surface area contributed by atoms with Crippen LogP contribution in [0.25, 0.3) is 0 Å². The number of amides is 1. The van der Waals surface area contributed by atoms with Crippen LogP contribution < -0.4 is 5.32 Å². The number of thioether (sulfide) groups is 1. The fourth-order valence-corrected chi connectivity index (χ4v) is 5.76. The first-order chi connectivity index (χ1) is 15.2. The Morgan fingerprint density at radius 3 is 2.62 bits per heavy atom. The van der Waals surface area contributed by atoms with Gasteiger partial charge in [0.2, 0.25) is 0 Å². The van der Waals surface area contributed by atoms with Gasteiger partial charge in [0.25, 0.3) is 5.91 Å². The van der Waals surface area contributed by atoms with Crippen molar-refractivity contribution in [2.45, 2.75) is 22.5 Å². The summed E-state index contributed by atoms with van der Waals surface area (Å²) in [7, 11) is -3.87. The van der Waals surface area contributed by atoms with Crippen LogP contribution in [-0.4, -0.2) is 42.5 Å². The van der Waals surface area contributed by atoms with E-state index in [9.17, 15) is 26.4 Å². The van der Waals surface area contributed by atoms with Crippen LogP contribution in [-0.2, 0) is 22.3 Å². The van der Waals surface area contributed by atoms with Crippen LogP contribution in [0.1, 0.15) is 20.8 Å². The highest BCUT2D eigenvalue weighted by Gasteiger charge is 2.32. The van der Waals surface area contributed by atoms with Gasteiger partial charge in [-0.15, -0.1) is 23.1 Å². The van der Waals surface area contributed by atoms with E-state index in [4.69, 9.17) is 0 Å². The smallest absolute Gasteiger partial charge is 0.302 e. The quantitative estimate of drug-likeness (QED) is 0.421. The third-order valence-electron chi connectivity index (χ3n) is 4.26. The van der Waals surface area contributed by atoms with Gasteiger partial charge in [-0.25, -0.2) is 22.8 Å². The molecule has 12 heteroatoms. The molecule has 3 rings (SSSR count). The minimum atomic E-state index is -3.87. The Morgan fingerprint density at radius 1 is 1.16 bits per heavy atom. The molecule has 1 N–H and O–H groups in total. The fourth-order valence-electron chi connectivity index (χ4n) is 2.56. The first-order valence-corrected chi connectivity index (χ1v) is 12.8. The fraction of sp³-hybridized carbons (Fsp3) is 0.250. The summed E-state index contributed by atoms with van der Waals surface area (Å²) in [5, 5.41) is 4.69. The Bertz CT molecular complexity index is 1160. The third kappa shape index (κ3) is 6.08. The number of carbonyl (C=O) groups is 1. The van der Waals surface area contributed by atoms with Crippen LogP contribution in [0, 0.1) is 0 Å². The molecular formula is C20H18F3N3O3S3. The number of rotatable bonds is 10. The van der Waals surface area contributed by atoms with Crippen molar-refractivity contribution >= 4 is 38.8 Å². The molecule has 0 aliphatic heterocycles. The molecule has 0 atom stereocenters. The minimum Gasteiger partial charge on any atom is -0.347 e. The van der Waals surface area contributed by atoms with E-state index < -0.39 is 28.0 Å². The first kappa shape index (κ1) is 24.2. The Hall–Kier alpha value is -2.44. The van der Waals surface area contributed by atoms with E-state index in [1.807, 2.05) is 17.5 Å². The number of sulfone groups is 1. The topological polar surface area (TPSA) is 89.0 Å². The maximum Gasteiger partial charge on any atom is 0.302 e. The summed E-state index contributed by atoms with van der Waals surface area (Å²) >= 11 is 2.60. The molecule has 32 heavy (non-hydrogen) atoms. The lowest BCUT2D eigenvalue weighted by Crippen LogP contribution is -2.23. The lowest BCUT2D eigenvalue weighted by molar-refractivity contribution is -0.0284. The van der Waals surface area contributed by atoms with Gasteiger partial charge in [0.1, 0.15) is 5.03 Å². The zero-order valence-corrected chi connectivity index (χ0v) is 19.0. The van der Waals surface area contributed by atoms with E-state index in [0.29, 0.717) is 23.3 Å². The van der Waals surface area contributed by atoms with Crippen LogP contribution in [0.15, 0.2) is 64.2 Å². The van der Waals surface area contributed by atoms with Crippen molar-refractivity contribution in [3.05, 3.63) is 70.2 Å². The second kappa shape index (κ2) is 10.5. The highest BCUT2D eigenvalue weighted by Crippen LogP contribution is 2.28. The molecule has 3 aromatic rings. The molecule has 1 amide bonds. The summed E-state index contributed by atoms with van der Waals surface area (Å²) in [6, 6.07) is 8.77. The van der Waals surface area contributed by atoms with Crippen LogP contribution in [0.5, 0.6) is 0 Å². The molecule has 6 nitrogen and oxygen atoms in total. The van der Waals surface area contributed by atoms with E-state index in [1.54, 1.807) is 12.1 Å². The minimum absolute atomic E-state index is 0.0641. The number of alkyl halides is 3. The number of nitrogens with zero attached hydrogens (tertiary/aromatic N) is 2. The summed E-state index contributed by atoms with van der Waals surface area (Å²) in [6.45, 7) is -1.53. The van der Waals surface area contributed by atoms with Gasteiger partial charge in [-0.2, -0.15) is 8.78 Å². The average molecular weight is 502 g/mol. The molecule has 170 valence electrons. The number of aromatic nitrogens is 2. The normalized spacial score (nSPS) is 12.0. The predicted molar refractivity (Wildman–Crippen MR) is 117 cm³/mol. The van der Waals surface area contributed by atoms with Crippen molar-refractivity contribution in [3.63, 3.8) is 0 Å². The summed E-state index contributed by atoms with van der Waals surface area (Å²) < 4.78 is 64.0. The molecule has 0 bridgehead atoms. The van der Waals surface area contributed by atoms with Gasteiger partial charge in [0.05, 0.1) is 17.9 Å². The lowest BCUT2D eigenvalue weighted by Gasteiger charge is -2.12. The number of thiophene rings is 1. The molecule has 0 spiro atoms. The molecule has 0 radical (unpaired) electrons. The van der Waals surface area contributed by atoms with E-state index in [0.717, 1.165) is 28.8 Å². The SMILES string of the molecule is O=C(NCc1cccs1)c1cccnc1SCCS(=O)(=O)c1ccc(C(F)(F)CF)cn1. The summed E-state index contributed by atoms with van der Waals surface area (Å²) in [5.74, 6) is -4.34. The molecule has 3 heterocycles. The Kier molecular flexibility index (Phi) is 7.91. The zero-order valence-electron chi connectivity index (χ0n) is 16.5. The van der Waals surface area contributed by atoms with E-state index in [-0.39, 0.29) is 22.4 Å². The maximum atomic E-state index is 13.3. The van der Waals surface area contributed by atoms with Crippen molar-refractivity contribution in [2.24, 2.45) is 0 Å². The van der Waals surface area contributed by atoms with E-state index in [1.165, 1.54) is 17.5 Å². The highest BCUT2D eigenvalue weighted by molar-refractivity contribution is 8.00. The number of nitrogens with one attached hydrogen (secondary N) is 1. The van der Waals surface area contributed by atoms with Crippen molar-refractivity contribution in [3.8, 4) is 0 Å². The standard InChI is InChI=1S/C20H18F3N3O3S3/c21-13-20(22,23)14-5-6-17(25-11-14)32(28,29)10-9-31-19-16(4-1-7-24-19)18(27)26-12-15-3-2-8-30-15/h1-8,11H,9-10,12-13H2,(H,26,27). The molecule has 0 aromatic carbocycles. The summed E-state index contributed by atoms with van der Waals surface area (Å²) in [5.41, 5.74) is -0.373. The Labute approximate surface area is 191 Å². The highest BCUT2D eigenvalue weighted by atomic mass is 32.2. The lowest BCUT2D eigenvalue weighted by atomic mass is 10.2. The zero-order chi connectivity index (χ0) is 23.2. The molecule has 0 unspecified atom stereocenters. The van der Waals surface area contributed by atoms with Gasteiger partial charge in [-0.1, -0.05) is 6.07 Å². The van der Waals surface area contributed by atoms with E-state index in [2.05, 4.69) is 15.3 Å². The number of hydrogen-bond acceptors (Lipinski definition) is 7. The van der Waals surface area contributed by atoms with Gasteiger partial charge in [-0.05, 0) is 35.7 Å². The summed E-state index contributed by atoms with van der Waals surface area (Å²) in [4.78, 5) is 21.2. The van der Waals surface area contributed by atoms with Gasteiger partial charge >= 0.3 is 5.92 Å². The van der Waals surface area contributed by atoms with Gasteiger partial charge in [0.15, 0.2) is 21.5 Å². The molecule has 0 aliphatic carbocycles. The molecule has 3 aromatic heterocycles. The van der Waals surface area contributed by atoms with Crippen LogP contribution in [0.4, 0.5) is 13.2 Å². The van der Waals surface area contributed by atoms with Crippen molar-refractivity contribution in [1.29, 1.82) is 0 Å². The van der Waals surface area contributed by atoms with Gasteiger partial charge in [-0.3, -0.25) is 4.79 Å². The predicted octanol–water partition coefficient (Wildman–Crippen LogP) is 4.10. The molecule has 0 saturated heterocycles. The molecular weight excluding hydrogens is 483 g/mol. The Balaban J connectivity index is 1.61. The largest absolute Gasteiger partial charge is 0.347 e. The number of carbonyl (C=O) groups excluding carboxylic acids is 1. The van der Waals surface area contributed by atoms with Gasteiger partial charge < -0.3 is 5.32 Å². The Morgan fingerprint density at radius 2 is 1.97 bits per heavy atom. The van der Waals surface area contributed by atoms with Crippen LogP contribution >= 0.6 is 23.1 Å². The number of halogens is 3. The first-order valence-electron chi connectivity index (χ1n) is 9.24. The molecule has 0 aliphatic rings. The van der Waals surface area contributed by atoms with Crippen molar-refractivity contribution in [1.82, 2.24) is 15.3 Å². The molecule has 0 saturated carbocycles. The maximum absolute atomic E-state index is 13.3. The second-order valence-electron chi connectivity index (χ2n) is 6.51. The molecule has 0 fully saturated rings. The van der Waals surface area contributed by atoms with E-state index >= 15 is 0 Å². The summed E-state index contributed by atoms with van der Waals surface area (Å²) in [6.07, 6.45) is 2.16. The van der Waals surface area contributed by atoms with Crippen LogP contribution in [0.2, 0.25) is 0 Å². The van der Waals surface area contributed by atoms with Crippen molar-refractivity contribution in [2.75, 3.05) is 18.2 Å². The van der Waals surface area contributed by atoms with Gasteiger partial charge in [0, 0.05) is 28.6 Å². The van der Waals surface area contributed by atoms with Crippen molar-refractivity contribution < 1.29 is 26.4 Å². The number of hydrogen-bond donors (Lipinski definition) is 1. The van der Waals surface area contributed by atoms with Crippen LogP contribution in [0.3, 0.4) is 0 Å². The average Bonchev–Trinajstić information content (AvgIpc) is 3.31.